The van der Waals surface area contributed by atoms with Crippen molar-refractivity contribution < 1.29 is 13.5 Å². The number of hydrogen-bond donors (Lipinski definition) is 0. The molecule has 0 fully saturated rings. The third-order valence-corrected chi connectivity index (χ3v) is 3.38. The zero-order valence-electron chi connectivity index (χ0n) is 11.3. The number of aliphatic imine (C=N–C) groups is 1. The first-order chi connectivity index (χ1) is 9.11. The molecule has 4 heteroatoms. The van der Waals surface area contributed by atoms with E-state index in [0.717, 1.165) is 18.7 Å². The second-order valence-corrected chi connectivity index (χ2v) is 5.03. The highest BCUT2D eigenvalue weighted by Crippen LogP contribution is 2.21. The second kappa shape index (κ2) is 6.13. The van der Waals surface area contributed by atoms with Gasteiger partial charge in [-0.1, -0.05) is 26.3 Å². The van der Waals surface area contributed by atoms with Crippen molar-refractivity contribution >= 4 is 5.90 Å². The van der Waals surface area contributed by atoms with Crippen molar-refractivity contribution in [2.45, 2.75) is 39.2 Å². The summed E-state index contributed by atoms with van der Waals surface area (Å²) in [6.07, 6.45) is 2.33. The zero-order chi connectivity index (χ0) is 13.8. The van der Waals surface area contributed by atoms with Gasteiger partial charge < -0.3 is 4.74 Å². The highest BCUT2D eigenvalue weighted by atomic mass is 19.1. The van der Waals surface area contributed by atoms with Crippen LogP contribution >= 0.6 is 0 Å². The first kappa shape index (κ1) is 14.0. The van der Waals surface area contributed by atoms with Crippen molar-refractivity contribution in [3.63, 3.8) is 0 Å². The van der Waals surface area contributed by atoms with Crippen LogP contribution in [0.1, 0.15) is 32.3 Å². The number of rotatable bonds is 5. The van der Waals surface area contributed by atoms with Gasteiger partial charge in [0.15, 0.2) is 5.90 Å². The third-order valence-electron chi connectivity index (χ3n) is 3.38. The van der Waals surface area contributed by atoms with E-state index in [2.05, 4.69) is 18.8 Å². The summed E-state index contributed by atoms with van der Waals surface area (Å²) in [5.74, 6) is -0.0143. The van der Waals surface area contributed by atoms with E-state index >= 15 is 0 Å². The summed E-state index contributed by atoms with van der Waals surface area (Å²) >= 11 is 0. The van der Waals surface area contributed by atoms with E-state index in [1.54, 1.807) is 0 Å². The fourth-order valence-corrected chi connectivity index (χ4v) is 2.33. The van der Waals surface area contributed by atoms with E-state index in [9.17, 15) is 8.78 Å². The number of ether oxygens (including phenoxy) is 1. The summed E-state index contributed by atoms with van der Waals surface area (Å²) in [5, 5.41) is 0. The molecule has 2 atom stereocenters. The van der Waals surface area contributed by atoms with Crippen molar-refractivity contribution in [2.75, 3.05) is 6.61 Å². The Morgan fingerprint density at radius 3 is 2.68 bits per heavy atom. The first-order valence-electron chi connectivity index (χ1n) is 6.75. The molecule has 1 aromatic rings. The van der Waals surface area contributed by atoms with Crippen LogP contribution in [-0.2, 0) is 11.2 Å². The summed E-state index contributed by atoms with van der Waals surface area (Å²) in [5.41, 5.74) is 0.101. The Labute approximate surface area is 112 Å². The molecule has 1 unspecified atom stereocenters. The maximum atomic E-state index is 13.6. The lowest BCUT2D eigenvalue weighted by molar-refractivity contribution is 0.295. The maximum Gasteiger partial charge on any atom is 0.186 e. The molecule has 1 aliphatic heterocycles. The lowest BCUT2D eigenvalue weighted by Gasteiger charge is -2.08. The standard InChI is InChI=1S/C15H19F2NO/c1-3-5-10(2)15-18-11(9-19-15)8-12-13(16)6-4-7-14(12)17/h4,6-7,10-11H,3,5,8-9H2,1-2H3/t10?,11-/m0/s1. The van der Waals surface area contributed by atoms with E-state index in [1.165, 1.54) is 18.2 Å². The number of halogens is 2. The van der Waals surface area contributed by atoms with Gasteiger partial charge in [0.2, 0.25) is 0 Å². The van der Waals surface area contributed by atoms with Crippen LogP contribution in [0.15, 0.2) is 23.2 Å². The third kappa shape index (κ3) is 3.31. The fraction of sp³-hybridized carbons (Fsp3) is 0.533. The molecule has 19 heavy (non-hydrogen) atoms. The molecule has 1 aromatic carbocycles. The van der Waals surface area contributed by atoms with Crippen LogP contribution in [0, 0.1) is 17.6 Å². The average Bonchev–Trinajstić information content (AvgIpc) is 2.83. The zero-order valence-corrected chi connectivity index (χ0v) is 11.3. The Morgan fingerprint density at radius 1 is 1.37 bits per heavy atom. The van der Waals surface area contributed by atoms with Crippen molar-refractivity contribution in [2.24, 2.45) is 10.9 Å². The molecular formula is C15H19F2NO. The number of nitrogens with zero attached hydrogens (tertiary/aromatic N) is 1. The van der Waals surface area contributed by atoms with Crippen molar-refractivity contribution in [3.8, 4) is 0 Å². The van der Waals surface area contributed by atoms with E-state index in [4.69, 9.17) is 4.74 Å². The SMILES string of the molecule is CCCC(C)C1=N[C@@H](Cc2c(F)cccc2F)CO1. The normalized spacial score (nSPS) is 20.0. The van der Waals surface area contributed by atoms with Gasteiger partial charge in [-0.3, -0.25) is 0 Å². The van der Waals surface area contributed by atoms with Crippen molar-refractivity contribution in [3.05, 3.63) is 35.4 Å². The molecule has 2 rings (SSSR count). The minimum absolute atomic E-state index is 0.101. The van der Waals surface area contributed by atoms with E-state index < -0.39 is 11.6 Å². The largest absolute Gasteiger partial charge is 0.478 e. The highest BCUT2D eigenvalue weighted by molar-refractivity contribution is 5.79. The van der Waals surface area contributed by atoms with Gasteiger partial charge in [-0.15, -0.1) is 0 Å². The Hall–Kier alpha value is -1.45. The van der Waals surface area contributed by atoms with Gasteiger partial charge >= 0.3 is 0 Å². The molecule has 0 amide bonds. The number of hydrogen-bond acceptors (Lipinski definition) is 2. The molecule has 0 saturated heterocycles. The van der Waals surface area contributed by atoms with Crippen LogP contribution in [0.3, 0.4) is 0 Å². The van der Waals surface area contributed by atoms with Crippen LogP contribution in [0.25, 0.3) is 0 Å². The summed E-state index contributed by atoms with van der Waals surface area (Å²) in [4.78, 5) is 4.45. The van der Waals surface area contributed by atoms with Gasteiger partial charge in [-0.2, -0.15) is 0 Å². The van der Waals surface area contributed by atoms with Gasteiger partial charge in [-0.05, 0) is 18.6 Å². The summed E-state index contributed by atoms with van der Waals surface area (Å²) in [6.45, 7) is 4.59. The van der Waals surface area contributed by atoms with Crippen LogP contribution in [0.4, 0.5) is 8.78 Å². The molecule has 0 aromatic heterocycles. The molecule has 0 radical (unpaired) electrons. The Morgan fingerprint density at radius 2 is 2.05 bits per heavy atom. The molecule has 104 valence electrons. The van der Waals surface area contributed by atoms with Gasteiger partial charge in [0.25, 0.3) is 0 Å². The van der Waals surface area contributed by atoms with E-state index in [-0.39, 0.29) is 23.9 Å². The minimum Gasteiger partial charge on any atom is -0.478 e. The molecule has 0 saturated carbocycles. The Kier molecular flexibility index (Phi) is 4.51. The summed E-state index contributed by atoms with van der Waals surface area (Å²) in [7, 11) is 0. The van der Waals surface area contributed by atoms with Crippen LogP contribution in [-0.4, -0.2) is 18.5 Å². The predicted molar refractivity (Wildman–Crippen MR) is 71.3 cm³/mol. The van der Waals surface area contributed by atoms with E-state index in [0.29, 0.717) is 6.61 Å². The summed E-state index contributed by atoms with van der Waals surface area (Å²) in [6, 6.07) is 3.75. The molecule has 0 aliphatic carbocycles. The molecule has 0 spiro atoms. The first-order valence-corrected chi connectivity index (χ1v) is 6.75. The fourth-order valence-electron chi connectivity index (χ4n) is 2.33. The molecule has 2 nitrogen and oxygen atoms in total. The van der Waals surface area contributed by atoms with Gasteiger partial charge in [0, 0.05) is 17.9 Å². The Balaban J connectivity index is 2.05. The second-order valence-electron chi connectivity index (χ2n) is 5.03. The molecule has 0 bridgehead atoms. The maximum absolute atomic E-state index is 13.6. The van der Waals surface area contributed by atoms with Crippen LogP contribution in [0.2, 0.25) is 0 Å². The Bertz CT molecular complexity index is 453. The predicted octanol–water partition coefficient (Wildman–Crippen LogP) is 3.74. The van der Waals surface area contributed by atoms with Gasteiger partial charge in [0.1, 0.15) is 18.2 Å². The molecule has 1 heterocycles. The average molecular weight is 267 g/mol. The van der Waals surface area contributed by atoms with Gasteiger partial charge in [0.05, 0.1) is 6.04 Å². The number of benzene rings is 1. The highest BCUT2D eigenvalue weighted by Gasteiger charge is 2.24. The lowest BCUT2D eigenvalue weighted by atomic mass is 10.1. The van der Waals surface area contributed by atoms with Crippen molar-refractivity contribution in [1.29, 1.82) is 0 Å². The monoisotopic (exact) mass is 267 g/mol. The van der Waals surface area contributed by atoms with Crippen molar-refractivity contribution in [1.82, 2.24) is 0 Å². The quantitative estimate of drug-likeness (QED) is 0.796. The van der Waals surface area contributed by atoms with E-state index in [1.807, 2.05) is 0 Å². The molecule has 1 aliphatic rings. The smallest absolute Gasteiger partial charge is 0.186 e. The molecule has 0 N–H and O–H groups in total. The topological polar surface area (TPSA) is 21.6 Å². The summed E-state index contributed by atoms with van der Waals surface area (Å²) < 4.78 is 32.6. The van der Waals surface area contributed by atoms with Crippen LogP contribution in [0.5, 0.6) is 0 Å². The lowest BCUT2D eigenvalue weighted by Crippen LogP contribution is -2.12. The minimum atomic E-state index is -0.509. The van der Waals surface area contributed by atoms with Crippen LogP contribution < -0.4 is 0 Å². The van der Waals surface area contributed by atoms with Gasteiger partial charge in [-0.25, -0.2) is 13.8 Å². The molecular weight excluding hydrogens is 248 g/mol.